The highest BCUT2D eigenvalue weighted by molar-refractivity contribution is 5.34. The van der Waals surface area contributed by atoms with E-state index < -0.39 is 0 Å². The predicted octanol–water partition coefficient (Wildman–Crippen LogP) is 3.70. The highest BCUT2D eigenvalue weighted by Gasteiger charge is 2.25. The molecular formula is C15H24N2O2. The van der Waals surface area contributed by atoms with E-state index in [2.05, 4.69) is 9.98 Å². The number of hydrogen-bond donors (Lipinski definition) is 0. The summed E-state index contributed by atoms with van der Waals surface area (Å²) < 4.78 is 0. The van der Waals surface area contributed by atoms with Crippen LogP contribution >= 0.6 is 0 Å². The second kappa shape index (κ2) is 8.79. The maximum Gasteiger partial charge on any atom is 0.235 e. The summed E-state index contributed by atoms with van der Waals surface area (Å²) in [4.78, 5) is 27.3. The lowest BCUT2D eigenvalue weighted by atomic mass is 9.84. The second-order valence-electron chi connectivity index (χ2n) is 5.77. The van der Waals surface area contributed by atoms with Crippen LogP contribution in [0.15, 0.2) is 9.98 Å². The molecule has 2 aliphatic carbocycles. The maximum atomic E-state index is 9.99. The predicted molar refractivity (Wildman–Crippen MR) is 74.6 cm³/mol. The van der Waals surface area contributed by atoms with E-state index in [9.17, 15) is 9.59 Å². The molecule has 0 amide bonds. The number of isocyanates is 2. The summed E-state index contributed by atoms with van der Waals surface area (Å²) in [6.07, 6.45) is 15.1. The monoisotopic (exact) mass is 264 g/mol. The summed E-state index contributed by atoms with van der Waals surface area (Å²) in [7, 11) is 0. The van der Waals surface area contributed by atoms with Gasteiger partial charge >= 0.3 is 0 Å². The molecule has 0 N–H and O–H groups in total. The van der Waals surface area contributed by atoms with E-state index in [1.807, 2.05) is 6.92 Å². The first-order valence-electron chi connectivity index (χ1n) is 7.36. The minimum Gasteiger partial charge on any atom is -0.211 e. The van der Waals surface area contributed by atoms with E-state index in [-0.39, 0.29) is 5.54 Å². The van der Waals surface area contributed by atoms with Crippen molar-refractivity contribution in [1.82, 2.24) is 0 Å². The van der Waals surface area contributed by atoms with Crippen molar-refractivity contribution in [2.24, 2.45) is 9.98 Å². The first kappa shape index (κ1) is 15.8. The third kappa shape index (κ3) is 6.47. The largest absolute Gasteiger partial charge is 0.235 e. The summed E-state index contributed by atoms with van der Waals surface area (Å²) in [5.41, 5.74) is -0.0694. The number of aliphatic imine (C=N–C) groups is 2. The van der Waals surface area contributed by atoms with Crippen LogP contribution in [0.2, 0.25) is 0 Å². The molecule has 19 heavy (non-hydrogen) atoms. The maximum absolute atomic E-state index is 9.99. The molecule has 0 unspecified atom stereocenters. The zero-order valence-corrected chi connectivity index (χ0v) is 11.9. The zero-order chi connectivity index (χ0) is 14.0. The summed E-state index contributed by atoms with van der Waals surface area (Å²) in [6.45, 7) is 2.04. The molecule has 4 heteroatoms. The molecule has 0 radical (unpaired) electrons. The molecular weight excluding hydrogens is 240 g/mol. The molecule has 2 rings (SSSR count). The van der Waals surface area contributed by atoms with Crippen LogP contribution in [0, 0.1) is 0 Å². The van der Waals surface area contributed by atoms with Crippen LogP contribution in [0.5, 0.6) is 0 Å². The molecule has 2 fully saturated rings. The zero-order valence-electron chi connectivity index (χ0n) is 11.9. The Bertz CT molecular complexity index is 343. The highest BCUT2D eigenvalue weighted by atomic mass is 16.1. The van der Waals surface area contributed by atoms with Crippen LogP contribution in [-0.4, -0.2) is 23.7 Å². The van der Waals surface area contributed by atoms with Crippen LogP contribution in [0.4, 0.5) is 0 Å². The van der Waals surface area contributed by atoms with Crippen molar-refractivity contribution in [3.63, 3.8) is 0 Å². The first-order chi connectivity index (χ1) is 9.20. The summed E-state index contributed by atoms with van der Waals surface area (Å²) >= 11 is 0. The van der Waals surface area contributed by atoms with Crippen LogP contribution in [0.25, 0.3) is 0 Å². The van der Waals surface area contributed by atoms with Crippen molar-refractivity contribution in [3.8, 4) is 0 Å². The van der Waals surface area contributed by atoms with Gasteiger partial charge in [0.25, 0.3) is 0 Å². The van der Waals surface area contributed by atoms with Gasteiger partial charge in [0, 0.05) is 0 Å². The fraction of sp³-hybridized carbons (Fsp3) is 0.867. The third-order valence-corrected chi connectivity index (χ3v) is 4.06. The molecule has 0 atom stereocenters. The van der Waals surface area contributed by atoms with Gasteiger partial charge in [-0.25, -0.2) is 14.6 Å². The van der Waals surface area contributed by atoms with Crippen molar-refractivity contribution in [1.29, 1.82) is 0 Å². The fourth-order valence-corrected chi connectivity index (χ4v) is 2.82. The fourth-order valence-electron chi connectivity index (χ4n) is 2.82. The lowest BCUT2D eigenvalue weighted by Gasteiger charge is -2.27. The molecule has 0 saturated heterocycles. The molecule has 0 spiro atoms. The molecule has 0 aromatic rings. The van der Waals surface area contributed by atoms with Gasteiger partial charge in [0.2, 0.25) is 12.2 Å². The lowest BCUT2D eigenvalue weighted by molar-refractivity contribution is 0.323. The molecule has 0 aliphatic heterocycles. The number of carbonyl (C=O) groups excluding carboxylic acids is 2. The van der Waals surface area contributed by atoms with Crippen molar-refractivity contribution in [2.75, 3.05) is 0 Å². The molecule has 0 aromatic heterocycles. The number of hydrogen-bond acceptors (Lipinski definition) is 4. The summed E-state index contributed by atoms with van der Waals surface area (Å²) in [6, 6.07) is 0.302. The number of nitrogens with zero attached hydrogens (tertiary/aromatic N) is 2. The number of rotatable bonds is 2. The SMILES string of the molecule is CC1(N=C=O)CCCCC1.O=C=NC1CCCCC1. The standard InChI is InChI=1S/C8H13NO.C7H11NO/c1-8(9-7-10)5-3-2-4-6-8;9-6-8-7-4-2-1-3-5-7/h2-6H2,1H3;7H,1-5H2. The lowest BCUT2D eigenvalue weighted by Crippen LogP contribution is -2.24. The normalized spacial score (nSPS) is 22.2. The van der Waals surface area contributed by atoms with Gasteiger partial charge in [-0.3, -0.25) is 0 Å². The minimum absolute atomic E-state index is 0.0694. The van der Waals surface area contributed by atoms with Crippen molar-refractivity contribution >= 4 is 12.2 Å². The van der Waals surface area contributed by atoms with Gasteiger partial charge in [-0.1, -0.05) is 38.5 Å². The Hall–Kier alpha value is -1.24. The van der Waals surface area contributed by atoms with Gasteiger partial charge in [0.15, 0.2) is 0 Å². The first-order valence-corrected chi connectivity index (χ1v) is 7.36. The van der Waals surface area contributed by atoms with Crippen molar-refractivity contribution < 1.29 is 9.59 Å². The van der Waals surface area contributed by atoms with E-state index in [1.165, 1.54) is 38.5 Å². The Morgan fingerprint density at radius 1 is 0.895 bits per heavy atom. The molecule has 106 valence electrons. The quantitative estimate of drug-likeness (QED) is 0.564. The van der Waals surface area contributed by atoms with Gasteiger partial charge in [-0.2, -0.15) is 4.99 Å². The van der Waals surface area contributed by atoms with E-state index in [1.54, 1.807) is 12.2 Å². The van der Waals surface area contributed by atoms with Crippen LogP contribution in [0.3, 0.4) is 0 Å². The minimum atomic E-state index is -0.0694. The van der Waals surface area contributed by atoms with Gasteiger partial charge in [-0.15, -0.1) is 0 Å². The Kier molecular flexibility index (Phi) is 7.32. The van der Waals surface area contributed by atoms with Crippen LogP contribution < -0.4 is 0 Å². The highest BCUT2D eigenvalue weighted by Crippen LogP contribution is 2.30. The summed E-state index contributed by atoms with van der Waals surface area (Å²) in [5, 5.41) is 0. The van der Waals surface area contributed by atoms with Crippen molar-refractivity contribution in [2.45, 2.75) is 82.7 Å². The van der Waals surface area contributed by atoms with Gasteiger partial charge in [-0.05, 0) is 32.6 Å². The average molecular weight is 264 g/mol. The smallest absolute Gasteiger partial charge is 0.211 e. The van der Waals surface area contributed by atoms with E-state index in [0.717, 1.165) is 25.7 Å². The molecule has 2 saturated carbocycles. The molecule has 0 bridgehead atoms. The molecule has 0 heterocycles. The Balaban J connectivity index is 0.000000191. The molecule has 4 nitrogen and oxygen atoms in total. The Labute approximate surface area is 115 Å². The van der Waals surface area contributed by atoms with E-state index >= 15 is 0 Å². The topological polar surface area (TPSA) is 58.9 Å². The summed E-state index contributed by atoms with van der Waals surface area (Å²) in [5.74, 6) is 0. The van der Waals surface area contributed by atoms with Crippen LogP contribution in [-0.2, 0) is 9.59 Å². The Morgan fingerprint density at radius 3 is 2.00 bits per heavy atom. The molecule has 2 aliphatic rings. The third-order valence-electron chi connectivity index (χ3n) is 4.06. The molecule has 0 aromatic carbocycles. The van der Waals surface area contributed by atoms with Crippen molar-refractivity contribution in [3.05, 3.63) is 0 Å². The van der Waals surface area contributed by atoms with E-state index in [4.69, 9.17) is 0 Å². The van der Waals surface area contributed by atoms with Gasteiger partial charge in [0.05, 0.1) is 11.6 Å². The van der Waals surface area contributed by atoms with Gasteiger partial charge in [0.1, 0.15) is 0 Å². The van der Waals surface area contributed by atoms with Crippen LogP contribution in [0.1, 0.15) is 71.1 Å². The Morgan fingerprint density at radius 2 is 1.47 bits per heavy atom. The van der Waals surface area contributed by atoms with E-state index in [0.29, 0.717) is 6.04 Å². The van der Waals surface area contributed by atoms with Gasteiger partial charge < -0.3 is 0 Å². The average Bonchev–Trinajstić information content (AvgIpc) is 2.42. The second-order valence-corrected chi connectivity index (χ2v) is 5.77.